The molecule has 0 fully saturated rings. The van der Waals surface area contributed by atoms with Crippen LogP contribution in [-0.2, 0) is 10.2 Å². The van der Waals surface area contributed by atoms with Crippen molar-refractivity contribution in [2.75, 3.05) is 0 Å². The third-order valence-corrected chi connectivity index (χ3v) is 2.31. The zero-order valence-corrected chi connectivity index (χ0v) is 13.4. The third kappa shape index (κ3) is 9.63. The van der Waals surface area contributed by atoms with Crippen molar-refractivity contribution >= 4 is 11.9 Å². The summed E-state index contributed by atoms with van der Waals surface area (Å²) in [5, 5.41) is 28.7. The topological polar surface area (TPSA) is 100 Å². The molecule has 1 aromatic rings. The van der Waals surface area contributed by atoms with Gasteiger partial charge in [-0.25, -0.2) is 0 Å². The smallest absolute Gasteiger partial charge is 0.545 e. The molecule has 1 rings (SSSR count). The van der Waals surface area contributed by atoms with E-state index in [1.165, 1.54) is 12.1 Å². The third-order valence-electron chi connectivity index (χ3n) is 2.31. The molecule has 0 bridgehead atoms. The number of benzene rings is 1. The van der Waals surface area contributed by atoms with Crippen molar-refractivity contribution in [1.82, 2.24) is 0 Å². The van der Waals surface area contributed by atoms with Crippen LogP contribution in [0.5, 0.6) is 5.75 Å². The molecular formula is C13H13F3Li2O5. The Labute approximate surface area is 155 Å². The Morgan fingerprint density at radius 2 is 1.43 bits per heavy atom. The maximum absolute atomic E-state index is 10.6. The van der Waals surface area contributed by atoms with Gasteiger partial charge in [0.15, 0.2) is 0 Å². The molecule has 0 unspecified atom stereocenters. The Morgan fingerprint density at radius 1 is 1.04 bits per heavy atom. The number of phenols is 1. The standard InChI is InChI=1S/C11H14O3.C2HF3O2.2Li/c1-11(2,3)7-4-5-9(12)8(6-7)10(13)14;3-2(4,5)1(6)7;;/h4-6,12H,1-3H3,(H,13,14);(H,6,7);;/q;;2*+1/p-2. The van der Waals surface area contributed by atoms with Gasteiger partial charge in [-0.3, -0.25) is 0 Å². The van der Waals surface area contributed by atoms with Crippen molar-refractivity contribution in [1.29, 1.82) is 0 Å². The molecule has 0 saturated heterocycles. The van der Waals surface area contributed by atoms with E-state index in [2.05, 4.69) is 0 Å². The SMILES string of the molecule is CC(C)(C)c1ccc(O)c(C(=O)[O-])c1.O=C([O-])C(F)(F)F.[Li+].[Li+]. The van der Waals surface area contributed by atoms with E-state index < -0.39 is 18.1 Å². The second-order valence-electron chi connectivity index (χ2n) is 5.05. The predicted molar refractivity (Wildman–Crippen MR) is 62.2 cm³/mol. The number of hydrogen-bond acceptors (Lipinski definition) is 5. The van der Waals surface area contributed by atoms with E-state index in [0.717, 1.165) is 5.56 Å². The summed E-state index contributed by atoms with van der Waals surface area (Å²) in [6.45, 7) is 5.91. The van der Waals surface area contributed by atoms with Crippen molar-refractivity contribution in [2.24, 2.45) is 0 Å². The van der Waals surface area contributed by atoms with E-state index in [1.54, 1.807) is 6.07 Å². The number of carbonyl (C=O) groups is 2. The van der Waals surface area contributed by atoms with Crippen LogP contribution < -0.4 is 47.9 Å². The van der Waals surface area contributed by atoms with E-state index in [4.69, 9.17) is 9.90 Å². The van der Waals surface area contributed by atoms with Gasteiger partial charge in [-0.1, -0.05) is 26.8 Å². The second kappa shape index (κ2) is 9.94. The molecule has 0 spiro atoms. The number of rotatable bonds is 1. The van der Waals surface area contributed by atoms with Crippen molar-refractivity contribution in [3.8, 4) is 5.75 Å². The monoisotopic (exact) mass is 320 g/mol. The van der Waals surface area contributed by atoms with Crippen LogP contribution in [-0.4, -0.2) is 23.2 Å². The Morgan fingerprint density at radius 3 is 1.70 bits per heavy atom. The number of carboxylic acids is 2. The molecule has 118 valence electrons. The van der Waals surface area contributed by atoms with E-state index in [-0.39, 0.29) is 54.4 Å². The zero-order chi connectivity index (χ0) is 17.0. The Kier molecular flexibility index (Phi) is 11.6. The number of halogens is 3. The normalized spacial score (nSPS) is 10.3. The minimum Gasteiger partial charge on any atom is -0.545 e. The van der Waals surface area contributed by atoms with E-state index in [0.29, 0.717) is 0 Å². The number of carboxylic acid groups (broad SMARTS) is 2. The van der Waals surface area contributed by atoms with Crippen LogP contribution in [0.1, 0.15) is 36.7 Å². The Bertz CT molecular complexity index is 539. The number of aliphatic carboxylic acids is 1. The first-order valence-corrected chi connectivity index (χ1v) is 5.60. The first kappa shape index (κ1) is 26.8. The van der Waals surface area contributed by atoms with Gasteiger partial charge in [-0.15, -0.1) is 0 Å². The molecule has 1 N–H and O–H groups in total. The predicted octanol–water partition coefficient (Wildman–Crippen LogP) is -5.64. The average molecular weight is 320 g/mol. The molecule has 0 amide bonds. The van der Waals surface area contributed by atoms with Crippen molar-refractivity contribution in [3.63, 3.8) is 0 Å². The van der Waals surface area contributed by atoms with Crippen molar-refractivity contribution in [2.45, 2.75) is 32.4 Å². The molecule has 5 nitrogen and oxygen atoms in total. The van der Waals surface area contributed by atoms with Gasteiger partial charge in [0.2, 0.25) is 0 Å². The minimum absolute atomic E-state index is 0. The van der Waals surface area contributed by atoms with Crippen LogP contribution in [0.3, 0.4) is 0 Å². The van der Waals surface area contributed by atoms with E-state index >= 15 is 0 Å². The molecule has 0 heterocycles. The summed E-state index contributed by atoms with van der Waals surface area (Å²) in [5.41, 5.74) is 0.560. The molecule has 0 aliphatic rings. The molecule has 0 aromatic heterocycles. The van der Waals surface area contributed by atoms with Crippen LogP contribution >= 0.6 is 0 Å². The number of aromatic hydroxyl groups is 1. The molecule has 0 atom stereocenters. The molecule has 23 heavy (non-hydrogen) atoms. The number of aromatic carboxylic acids is 1. The summed E-state index contributed by atoms with van der Waals surface area (Å²) in [6, 6.07) is 4.54. The molecule has 0 aliphatic heterocycles. The fourth-order valence-electron chi connectivity index (χ4n) is 1.17. The van der Waals surface area contributed by atoms with Gasteiger partial charge in [0.05, 0.1) is 5.97 Å². The van der Waals surface area contributed by atoms with Gasteiger partial charge in [0, 0.05) is 5.56 Å². The van der Waals surface area contributed by atoms with Gasteiger partial charge in [0.1, 0.15) is 11.7 Å². The largest absolute Gasteiger partial charge is 1.00 e. The second-order valence-corrected chi connectivity index (χ2v) is 5.05. The Hall–Kier alpha value is -1.06. The Balaban J connectivity index is -0.000000386. The van der Waals surface area contributed by atoms with Gasteiger partial charge < -0.3 is 24.9 Å². The molecule has 10 heteroatoms. The van der Waals surface area contributed by atoms with E-state index in [1.807, 2.05) is 20.8 Å². The minimum atomic E-state index is -5.19. The molecule has 0 aliphatic carbocycles. The zero-order valence-electron chi connectivity index (χ0n) is 13.4. The summed E-state index contributed by atoms with van der Waals surface area (Å²) < 4.78 is 31.5. The summed E-state index contributed by atoms with van der Waals surface area (Å²) >= 11 is 0. The molecule has 0 saturated carbocycles. The number of alkyl halides is 3. The van der Waals surface area contributed by atoms with Crippen LogP contribution in [0.2, 0.25) is 0 Å². The van der Waals surface area contributed by atoms with Gasteiger partial charge in [-0.2, -0.15) is 13.2 Å². The maximum atomic E-state index is 10.6. The fourth-order valence-corrected chi connectivity index (χ4v) is 1.17. The van der Waals surface area contributed by atoms with Crippen LogP contribution in [0.4, 0.5) is 13.2 Å². The fraction of sp³-hybridized carbons (Fsp3) is 0.385. The first-order chi connectivity index (χ1) is 9.26. The van der Waals surface area contributed by atoms with E-state index in [9.17, 15) is 28.2 Å². The van der Waals surface area contributed by atoms with Crippen LogP contribution in [0.25, 0.3) is 0 Å². The summed E-state index contributed by atoms with van der Waals surface area (Å²) in [6.07, 6.45) is -5.19. The van der Waals surface area contributed by atoms with Crippen molar-refractivity contribution < 1.29 is 75.8 Å². The van der Waals surface area contributed by atoms with Gasteiger partial charge >= 0.3 is 43.9 Å². The summed E-state index contributed by atoms with van der Waals surface area (Å²) in [7, 11) is 0. The van der Waals surface area contributed by atoms with Crippen LogP contribution in [0, 0.1) is 0 Å². The van der Waals surface area contributed by atoms with Crippen LogP contribution in [0.15, 0.2) is 18.2 Å². The van der Waals surface area contributed by atoms with Gasteiger partial charge in [0.25, 0.3) is 0 Å². The molecule has 1 aromatic carbocycles. The van der Waals surface area contributed by atoms with Gasteiger partial charge in [-0.05, 0) is 23.1 Å². The summed E-state index contributed by atoms with van der Waals surface area (Å²) in [5.74, 6) is -4.61. The first-order valence-electron chi connectivity index (χ1n) is 5.60. The molecular weight excluding hydrogens is 307 g/mol. The van der Waals surface area contributed by atoms with Crippen molar-refractivity contribution in [3.05, 3.63) is 29.3 Å². The maximum Gasteiger partial charge on any atom is 1.00 e. The molecule has 0 radical (unpaired) electrons. The number of carbonyl (C=O) groups excluding carboxylic acids is 2. The average Bonchev–Trinajstić information content (AvgIpc) is 2.26. The quantitative estimate of drug-likeness (QED) is 0.520. The summed E-state index contributed by atoms with van der Waals surface area (Å²) in [4.78, 5) is 19.4. The number of hydrogen-bond donors (Lipinski definition) is 1.